The summed E-state index contributed by atoms with van der Waals surface area (Å²) in [4.78, 5) is 41.0. The van der Waals surface area contributed by atoms with Crippen molar-refractivity contribution in [1.82, 2.24) is 10.0 Å². The number of anilines is 1. The molecule has 2 heterocycles. The maximum Gasteiger partial charge on any atom is 0.325 e. The van der Waals surface area contributed by atoms with E-state index in [1.54, 1.807) is 32.2 Å². The Labute approximate surface area is 305 Å². The predicted molar refractivity (Wildman–Crippen MR) is 195 cm³/mol. The fourth-order valence-electron chi connectivity index (χ4n) is 8.39. The second-order valence-corrected chi connectivity index (χ2v) is 17.2. The maximum atomic E-state index is 13.5. The van der Waals surface area contributed by atoms with E-state index in [9.17, 15) is 22.8 Å². The Hall–Kier alpha value is -3.61. The van der Waals surface area contributed by atoms with Crippen molar-refractivity contribution in [3.63, 3.8) is 0 Å². The smallest absolute Gasteiger partial charge is 0.325 e. The van der Waals surface area contributed by atoms with Crippen molar-refractivity contribution in [1.29, 1.82) is 0 Å². The van der Waals surface area contributed by atoms with Gasteiger partial charge in [-0.2, -0.15) is 0 Å². The van der Waals surface area contributed by atoms with Gasteiger partial charge in [0.2, 0.25) is 15.9 Å². The minimum atomic E-state index is -4.04. The van der Waals surface area contributed by atoms with Crippen molar-refractivity contribution in [2.45, 2.75) is 75.1 Å². The van der Waals surface area contributed by atoms with E-state index in [1.807, 2.05) is 31.2 Å². The number of hydrogen-bond donors (Lipinski definition) is 2. The van der Waals surface area contributed by atoms with Crippen LogP contribution in [0.3, 0.4) is 0 Å². The highest BCUT2D eigenvalue weighted by Gasteiger charge is 2.50. The van der Waals surface area contributed by atoms with Gasteiger partial charge in [0.1, 0.15) is 12.3 Å². The van der Waals surface area contributed by atoms with Crippen LogP contribution in [0, 0.1) is 17.8 Å². The summed E-state index contributed by atoms with van der Waals surface area (Å²) in [5.74, 6) is -1.31. The van der Waals surface area contributed by atoms with Gasteiger partial charge < -0.3 is 24.4 Å². The molecule has 2 N–H and O–H groups in total. The highest BCUT2D eigenvalue weighted by molar-refractivity contribution is 7.90. The van der Waals surface area contributed by atoms with Crippen molar-refractivity contribution in [2.75, 3.05) is 45.4 Å². The van der Waals surface area contributed by atoms with Gasteiger partial charge in [0, 0.05) is 36.2 Å². The predicted octanol–water partition coefficient (Wildman–Crippen LogP) is 4.95. The molecule has 1 fully saturated rings. The number of methoxy groups -OCH3 is 2. The second kappa shape index (κ2) is 14.8. The molecule has 2 aromatic carbocycles. The number of nitrogens with zero attached hydrogens (tertiary/aromatic N) is 1. The zero-order valence-electron chi connectivity index (χ0n) is 29.7. The van der Waals surface area contributed by atoms with Gasteiger partial charge in [-0.05, 0) is 105 Å². The van der Waals surface area contributed by atoms with Crippen LogP contribution in [0.2, 0.25) is 5.02 Å². The van der Waals surface area contributed by atoms with E-state index < -0.39 is 32.8 Å². The minimum absolute atomic E-state index is 0.0294. The van der Waals surface area contributed by atoms with Crippen LogP contribution < -0.4 is 19.7 Å². The molecular weight excluding hydrogens is 694 g/mol. The summed E-state index contributed by atoms with van der Waals surface area (Å²) in [5, 5.41) is 2.47. The minimum Gasteiger partial charge on any atom is -0.490 e. The molecular formula is C38H48ClN3O8S. The normalized spacial score (nSPS) is 30.7. The number of carbonyl (C=O) groups excluding carboxylic acids is 3. The van der Waals surface area contributed by atoms with Gasteiger partial charge in [-0.25, -0.2) is 13.1 Å². The van der Waals surface area contributed by atoms with E-state index in [-0.39, 0.29) is 47.6 Å². The number of aryl methyl sites for hydroxylation is 1. The number of ether oxygens (including phenoxy) is 3. The number of hydrogen-bond acceptors (Lipinski definition) is 9. The third kappa shape index (κ3) is 7.50. The van der Waals surface area contributed by atoms with E-state index in [1.165, 1.54) is 18.2 Å². The topological polar surface area (TPSA) is 140 Å². The average molecular weight is 742 g/mol. The second-order valence-electron chi connectivity index (χ2n) is 14.7. The molecule has 11 nitrogen and oxygen atoms in total. The molecule has 6 rings (SSSR count). The SMILES string of the molecule is COC(=O)CNC(=O)C[C@]1(OC)/C=C/C[C@H](C)[C@@H](C)S(=O)(=O)NC(=O)c2ccc3c(c2)N(C[C@@H]2CC[C@H]21)C[C@@]1(CCCc2cc(Cl)ccc21)CO3. The zero-order chi connectivity index (χ0) is 36.6. The van der Waals surface area contributed by atoms with E-state index >= 15 is 0 Å². The number of nitrogens with one attached hydrogen (secondary N) is 2. The molecule has 0 radical (unpaired) electrons. The number of amides is 2. The number of rotatable bonds is 5. The molecule has 13 heteroatoms. The van der Waals surface area contributed by atoms with Crippen molar-refractivity contribution in [2.24, 2.45) is 17.8 Å². The lowest BCUT2D eigenvalue weighted by atomic mass is 9.62. The van der Waals surface area contributed by atoms with Gasteiger partial charge in [-0.1, -0.05) is 36.7 Å². The van der Waals surface area contributed by atoms with Crippen LogP contribution in [0.5, 0.6) is 5.75 Å². The van der Waals surface area contributed by atoms with Crippen LogP contribution in [0.25, 0.3) is 0 Å². The molecule has 0 aromatic heterocycles. The van der Waals surface area contributed by atoms with Crippen LogP contribution >= 0.6 is 11.6 Å². The van der Waals surface area contributed by atoms with E-state index in [0.717, 1.165) is 32.1 Å². The first-order valence-electron chi connectivity index (χ1n) is 17.7. The average Bonchev–Trinajstić information content (AvgIpc) is 3.24. The summed E-state index contributed by atoms with van der Waals surface area (Å²) < 4.78 is 46.9. The fourth-order valence-corrected chi connectivity index (χ4v) is 9.87. The Bertz CT molecular complexity index is 1820. The number of fused-ring (bicyclic) bond motifs is 4. The van der Waals surface area contributed by atoms with Crippen LogP contribution in [0.4, 0.5) is 5.69 Å². The Morgan fingerprint density at radius 3 is 2.67 bits per heavy atom. The van der Waals surface area contributed by atoms with Crippen molar-refractivity contribution < 1.29 is 37.0 Å². The summed E-state index contributed by atoms with van der Waals surface area (Å²) in [6, 6.07) is 11.2. The lowest BCUT2D eigenvalue weighted by Gasteiger charge is -2.50. The Morgan fingerprint density at radius 1 is 1.14 bits per heavy atom. The Balaban J connectivity index is 1.43. The number of esters is 1. The van der Waals surface area contributed by atoms with Crippen molar-refractivity contribution in [3.05, 3.63) is 70.3 Å². The van der Waals surface area contributed by atoms with E-state index in [0.29, 0.717) is 42.6 Å². The fraction of sp³-hybridized carbons (Fsp3) is 0.553. The number of allylic oxidation sites excluding steroid dienone is 1. The van der Waals surface area contributed by atoms with Gasteiger partial charge in [-0.3, -0.25) is 14.4 Å². The lowest BCUT2D eigenvalue weighted by Crippen LogP contribution is -2.54. The van der Waals surface area contributed by atoms with Crippen LogP contribution in [0.15, 0.2) is 48.6 Å². The standard InChI is InChI=1S/C38H48ClN3O8S/c1-24-7-5-16-38(49-4,19-34(43)40-20-35(44)48-3)31-12-9-28(31)21-42-22-37(15-6-8-26-17-29(39)11-13-30(26)37)23-50-33-14-10-27(18-32(33)42)36(45)41-51(46,47)25(24)2/h5,10-11,13-14,16-18,24-25,28,31H,6-9,12,15,19-23H2,1-4H3,(H,40,43)(H,41,45)/b16-5+/t24-,25+,28-,31+,37-,38+/m0/s1. The monoisotopic (exact) mass is 741 g/mol. The molecule has 0 unspecified atom stereocenters. The molecule has 51 heavy (non-hydrogen) atoms. The number of carbonyl (C=O) groups is 3. The Morgan fingerprint density at radius 2 is 1.94 bits per heavy atom. The van der Waals surface area contributed by atoms with Gasteiger partial charge >= 0.3 is 5.97 Å². The number of halogens is 1. The first-order valence-corrected chi connectivity index (χ1v) is 19.7. The molecule has 4 aliphatic rings. The summed E-state index contributed by atoms with van der Waals surface area (Å²) >= 11 is 6.44. The summed E-state index contributed by atoms with van der Waals surface area (Å²) in [6.45, 7) is 4.77. The highest BCUT2D eigenvalue weighted by Crippen LogP contribution is 2.50. The van der Waals surface area contributed by atoms with Gasteiger partial charge in [-0.15, -0.1) is 0 Å². The lowest BCUT2D eigenvalue weighted by molar-refractivity contribution is -0.143. The van der Waals surface area contributed by atoms with Crippen LogP contribution in [-0.4, -0.2) is 77.5 Å². The molecule has 2 aromatic rings. The quantitative estimate of drug-likeness (QED) is 0.322. The van der Waals surface area contributed by atoms with E-state index in [2.05, 4.69) is 21.0 Å². The third-order valence-corrected chi connectivity index (χ3v) is 13.9. The first-order chi connectivity index (χ1) is 24.3. The van der Waals surface area contributed by atoms with Crippen molar-refractivity contribution in [3.8, 4) is 5.75 Å². The molecule has 2 amide bonds. The van der Waals surface area contributed by atoms with Gasteiger partial charge in [0.15, 0.2) is 0 Å². The van der Waals surface area contributed by atoms with Crippen molar-refractivity contribution >= 4 is 45.1 Å². The van der Waals surface area contributed by atoms with Crippen LogP contribution in [-0.2, 0) is 40.9 Å². The molecule has 0 saturated heterocycles. The maximum absolute atomic E-state index is 13.5. The molecule has 2 aliphatic heterocycles. The molecule has 276 valence electrons. The summed E-state index contributed by atoms with van der Waals surface area (Å²) in [5.41, 5.74) is 1.96. The first kappa shape index (κ1) is 37.2. The molecule has 1 spiro atoms. The third-order valence-electron chi connectivity index (χ3n) is 11.7. The summed E-state index contributed by atoms with van der Waals surface area (Å²) in [7, 11) is -1.18. The van der Waals surface area contributed by atoms with E-state index in [4.69, 9.17) is 25.8 Å². The molecule has 6 atom stereocenters. The molecule has 2 bridgehead atoms. The van der Waals surface area contributed by atoms with Gasteiger partial charge in [0.25, 0.3) is 5.91 Å². The molecule has 2 aliphatic carbocycles. The Kier molecular flexibility index (Phi) is 10.8. The summed E-state index contributed by atoms with van der Waals surface area (Å²) in [6.07, 6.45) is 8.62. The van der Waals surface area contributed by atoms with Crippen LogP contribution in [0.1, 0.15) is 73.9 Å². The zero-order valence-corrected chi connectivity index (χ0v) is 31.3. The number of benzene rings is 2. The molecule has 1 saturated carbocycles. The largest absolute Gasteiger partial charge is 0.490 e. The number of sulfonamides is 1. The van der Waals surface area contributed by atoms with Gasteiger partial charge in [0.05, 0.1) is 36.7 Å². The highest BCUT2D eigenvalue weighted by atomic mass is 35.5.